The van der Waals surface area contributed by atoms with Gasteiger partial charge in [0.25, 0.3) is 0 Å². The maximum absolute atomic E-state index is 2.69. The molecule has 0 atom stereocenters. The zero-order valence-corrected chi connectivity index (χ0v) is 15.1. The van der Waals surface area contributed by atoms with Crippen LogP contribution in [0.2, 0.25) is 0 Å². The highest BCUT2D eigenvalue weighted by Crippen LogP contribution is 2.06. The quantitative estimate of drug-likeness (QED) is 0.580. The van der Waals surface area contributed by atoms with Gasteiger partial charge in [0.15, 0.2) is 0 Å². The minimum Gasteiger partial charge on any atom is -0.302 e. The number of rotatable bonds is 11. The van der Waals surface area contributed by atoms with Crippen molar-refractivity contribution in [3.8, 4) is 0 Å². The Hall–Kier alpha value is -0.120. The van der Waals surface area contributed by atoms with Crippen molar-refractivity contribution >= 4 is 0 Å². The molecule has 1 heterocycles. The molecule has 0 saturated carbocycles. The van der Waals surface area contributed by atoms with Crippen molar-refractivity contribution in [1.29, 1.82) is 0 Å². The summed E-state index contributed by atoms with van der Waals surface area (Å²) in [7, 11) is 0. The van der Waals surface area contributed by atoms with Crippen LogP contribution in [0.15, 0.2) is 0 Å². The van der Waals surface area contributed by atoms with E-state index >= 15 is 0 Å². The molecule has 0 amide bonds. The summed E-state index contributed by atoms with van der Waals surface area (Å²) in [6, 6.07) is 0. The molecule has 0 unspecified atom stereocenters. The number of piperazine rings is 1. The molecule has 1 aliphatic heterocycles. The highest BCUT2D eigenvalue weighted by atomic mass is 15.3. The second-order valence-electron chi connectivity index (χ2n) is 7.08. The van der Waals surface area contributed by atoms with E-state index in [9.17, 15) is 0 Å². The average molecular weight is 298 g/mol. The van der Waals surface area contributed by atoms with Crippen molar-refractivity contribution in [3.05, 3.63) is 0 Å². The molecule has 1 saturated heterocycles. The summed E-state index contributed by atoms with van der Waals surface area (Å²) >= 11 is 0. The molecule has 1 rings (SSSR count). The van der Waals surface area contributed by atoms with Crippen LogP contribution in [0, 0.1) is 5.92 Å². The maximum Gasteiger partial charge on any atom is 0.0110 e. The van der Waals surface area contributed by atoms with Crippen LogP contribution in [-0.2, 0) is 0 Å². The van der Waals surface area contributed by atoms with Gasteiger partial charge in [0.2, 0.25) is 0 Å². The number of hydrogen-bond donors (Lipinski definition) is 0. The van der Waals surface area contributed by atoms with E-state index in [1.165, 1.54) is 84.6 Å². The highest BCUT2D eigenvalue weighted by Gasteiger charge is 2.17. The minimum atomic E-state index is 0.801. The Balaban J connectivity index is 2.20. The number of hydrogen-bond acceptors (Lipinski definition) is 3. The van der Waals surface area contributed by atoms with Crippen LogP contribution in [0.1, 0.15) is 53.4 Å². The molecule has 0 aromatic rings. The lowest BCUT2D eigenvalue weighted by atomic mass is 10.2. The predicted octanol–water partition coefficient (Wildman–Crippen LogP) is 3.16. The Bertz CT molecular complexity index is 227. The van der Waals surface area contributed by atoms with E-state index in [0.717, 1.165) is 5.92 Å². The minimum absolute atomic E-state index is 0.801. The Kier molecular flexibility index (Phi) is 10.3. The molecule has 126 valence electrons. The summed E-state index contributed by atoms with van der Waals surface area (Å²) in [5.74, 6) is 0.801. The van der Waals surface area contributed by atoms with Crippen LogP contribution in [0.4, 0.5) is 0 Å². The fourth-order valence-corrected chi connectivity index (χ4v) is 3.09. The first-order valence-electron chi connectivity index (χ1n) is 9.32. The van der Waals surface area contributed by atoms with E-state index in [4.69, 9.17) is 0 Å². The first-order valence-corrected chi connectivity index (χ1v) is 9.32. The van der Waals surface area contributed by atoms with Gasteiger partial charge in [0.1, 0.15) is 0 Å². The van der Waals surface area contributed by atoms with Crippen molar-refractivity contribution < 1.29 is 0 Å². The van der Waals surface area contributed by atoms with Gasteiger partial charge in [-0.2, -0.15) is 0 Å². The number of nitrogens with zero attached hydrogens (tertiary/aromatic N) is 3. The Labute approximate surface area is 133 Å². The van der Waals surface area contributed by atoms with Gasteiger partial charge in [-0.05, 0) is 31.8 Å². The van der Waals surface area contributed by atoms with Crippen molar-refractivity contribution in [2.45, 2.75) is 53.4 Å². The first-order chi connectivity index (χ1) is 10.2. The monoisotopic (exact) mass is 297 g/mol. The van der Waals surface area contributed by atoms with Gasteiger partial charge in [-0.15, -0.1) is 0 Å². The fourth-order valence-electron chi connectivity index (χ4n) is 3.09. The summed E-state index contributed by atoms with van der Waals surface area (Å²) in [5, 5.41) is 0. The van der Waals surface area contributed by atoms with Crippen LogP contribution in [0.5, 0.6) is 0 Å². The van der Waals surface area contributed by atoms with Gasteiger partial charge in [0, 0.05) is 45.8 Å². The highest BCUT2D eigenvalue weighted by molar-refractivity contribution is 4.73. The van der Waals surface area contributed by atoms with Crippen LogP contribution in [-0.4, -0.2) is 73.6 Å². The smallest absolute Gasteiger partial charge is 0.0110 e. The van der Waals surface area contributed by atoms with Crippen molar-refractivity contribution in [2.75, 3.05) is 58.9 Å². The molecule has 0 bridgehead atoms. The summed E-state index contributed by atoms with van der Waals surface area (Å²) in [4.78, 5) is 7.99. The van der Waals surface area contributed by atoms with Gasteiger partial charge in [-0.25, -0.2) is 0 Å². The largest absolute Gasteiger partial charge is 0.302 e. The molecule has 21 heavy (non-hydrogen) atoms. The van der Waals surface area contributed by atoms with Crippen LogP contribution >= 0.6 is 0 Å². The van der Waals surface area contributed by atoms with E-state index in [1.54, 1.807) is 0 Å². The molecule has 1 fully saturated rings. The standard InChI is InChI=1S/C18H39N3/c1-5-7-9-19(10-8-6-2)11-12-20-13-15-21(16-14-20)17-18(3)4/h18H,5-17H2,1-4H3. The number of unbranched alkanes of at least 4 members (excludes halogenated alkanes) is 2. The third-order valence-electron chi connectivity index (χ3n) is 4.48. The molecule has 0 aromatic heterocycles. The van der Waals surface area contributed by atoms with E-state index in [2.05, 4.69) is 42.4 Å². The lowest BCUT2D eigenvalue weighted by Crippen LogP contribution is -2.49. The van der Waals surface area contributed by atoms with E-state index in [1.807, 2.05) is 0 Å². The van der Waals surface area contributed by atoms with Crippen molar-refractivity contribution in [2.24, 2.45) is 5.92 Å². The van der Waals surface area contributed by atoms with Crippen molar-refractivity contribution in [3.63, 3.8) is 0 Å². The van der Waals surface area contributed by atoms with Crippen LogP contribution in [0.3, 0.4) is 0 Å². The van der Waals surface area contributed by atoms with Gasteiger partial charge >= 0.3 is 0 Å². The Morgan fingerprint density at radius 1 is 0.810 bits per heavy atom. The van der Waals surface area contributed by atoms with Crippen LogP contribution in [0.25, 0.3) is 0 Å². The molecule has 0 aliphatic carbocycles. The average Bonchev–Trinajstić information content (AvgIpc) is 2.47. The fraction of sp³-hybridized carbons (Fsp3) is 1.00. The molecule has 0 radical (unpaired) electrons. The molecule has 0 N–H and O–H groups in total. The van der Waals surface area contributed by atoms with Gasteiger partial charge in [-0.3, -0.25) is 4.90 Å². The Morgan fingerprint density at radius 2 is 1.33 bits per heavy atom. The SMILES string of the molecule is CCCCN(CCCC)CCN1CCN(CC(C)C)CC1. The zero-order valence-electron chi connectivity index (χ0n) is 15.1. The Morgan fingerprint density at radius 3 is 1.81 bits per heavy atom. The van der Waals surface area contributed by atoms with E-state index < -0.39 is 0 Å². The first kappa shape index (κ1) is 18.9. The van der Waals surface area contributed by atoms with Gasteiger partial charge in [0.05, 0.1) is 0 Å². The van der Waals surface area contributed by atoms with Gasteiger partial charge < -0.3 is 9.80 Å². The normalized spacial score (nSPS) is 18.0. The summed E-state index contributed by atoms with van der Waals surface area (Å²) < 4.78 is 0. The van der Waals surface area contributed by atoms with E-state index in [-0.39, 0.29) is 0 Å². The topological polar surface area (TPSA) is 9.72 Å². The molecule has 3 heteroatoms. The molecule has 3 nitrogen and oxygen atoms in total. The predicted molar refractivity (Wildman–Crippen MR) is 94.0 cm³/mol. The third-order valence-corrected chi connectivity index (χ3v) is 4.48. The second kappa shape index (κ2) is 11.4. The summed E-state index contributed by atoms with van der Waals surface area (Å²) in [6.07, 6.45) is 5.34. The van der Waals surface area contributed by atoms with Crippen molar-refractivity contribution in [1.82, 2.24) is 14.7 Å². The molecule has 1 aliphatic rings. The summed E-state index contributed by atoms with van der Waals surface area (Å²) in [5.41, 5.74) is 0. The lowest BCUT2D eigenvalue weighted by molar-refractivity contribution is 0.110. The second-order valence-corrected chi connectivity index (χ2v) is 7.08. The molecular weight excluding hydrogens is 258 g/mol. The van der Waals surface area contributed by atoms with Gasteiger partial charge in [-0.1, -0.05) is 40.5 Å². The molecular formula is C18H39N3. The summed E-state index contributed by atoms with van der Waals surface area (Å²) in [6.45, 7) is 20.7. The molecule has 0 aromatic carbocycles. The maximum atomic E-state index is 2.69. The molecule has 0 spiro atoms. The lowest BCUT2D eigenvalue weighted by Gasteiger charge is -2.36. The van der Waals surface area contributed by atoms with E-state index in [0.29, 0.717) is 0 Å². The third kappa shape index (κ3) is 8.80. The van der Waals surface area contributed by atoms with Crippen LogP contribution < -0.4 is 0 Å². The zero-order chi connectivity index (χ0) is 15.5.